The van der Waals surface area contributed by atoms with Gasteiger partial charge in [0, 0.05) is 38.6 Å². The number of nitrogens with zero attached hydrogens (tertiary/aromatic N) is 3. The van der Waals surface area contributed by atoms with Crippen LogP contribution in [0.2, 0.25) is 0 Å². The van der Waals surface area contributed by atoms with Crippen LogP contribution in [0.5, 0.6) is 0 Å². The van der Waals surface area contributed by atoms with E-state index < -0.39 is 9.84 Å². The first-order valence-electron chi connectivity index (χ1n) is 5.06. The number of hydrogen-bond donors (Lipinski definition) is 1. The van der Waals surface area contributed by atoms with E-state index in [9.17, 15) is 8.42 Å². The molecule has 6 nitrogen and oxygen atoms in total. The molecule has 0 radical (unpaired) electrons. The fourth-order valence-electron chi connectivity index (χ4n) is 1.56. The van der Waals surface area contributed by atoms with Crippen LogP contribution in [-0.2, 0) is 9.84 Å². The Balaban J connectivity index is 2.28. The monoisotopic (exact) mass is 242 g/mol. The summed E-state index contributed by atoms with van der Waals surface area (Å²) in [5.74, 6) is 0.490. The van der Waals surface area contributed by atoms with Gasteiger partial charge in [0.1, 0.15) is 0 Å². The highest BCUT2D eigenvalue weighted by Crippen LogP contribution is 2.11. The Labute approximate surface area is 94.6 Å². The molecule has 1 aliphatic rings. The topological polar surface area (TPSA) is 75.2 Å². The zero-order chi connectivity index (χ0) is 11.6. The Morgan fingerprint density at radius 3 is 2.69 bits per heavy atom. The molecule has 16 heavy (non-hydrogen) atoms. The van der Waals surface area contributed by atoms with Crippen molar-refractivity contribution < 1.29 is 8.42 Å². The molecule has 1 aromatic heterocycles. The molecule has 1 fully saturated rings. The summed E-state index contributed by atoms with van der Waals surface area (Å²) in [6.45, 7) is 3.33. The van der Waals surface area contributed by atoms with Crippen LogP contribution in [0.1, 0.15) is 0 Å². The van der Waals surface area contributed by atoms with E-state index in [0.29, 0.717) is 5.95 Å². The Morgan fingerprint density at radius 2 is 2.06 bits per heavy atom. The number of anilines is 1. The van der Waals surface area contributed by atoms with Gasteiger partial charge < -0.3 is 10.2 Å². The van der Waals surface area contributed by atoms with E-state index in [1.165, 1.54) is 12.3 Å². The van der Waals surface area contributed by atoms with Gasteiger partial charge in [0.2, 0.25) is 5.95 Å². The van der Waals surface area contributed by atoms with Gasteiger partial charge >= 0.3 is 0 Å². The average Bonchev–Trinajstić information content (AvgIpc) is 2.29. The summed E-state index contributed by atoms with van der Waals surface area (Å²) in [5, 5.41) is 3.29. The molecule has 7 heteroatoms. The molecule has 2 rings (SSSR count). The third kappa shape index (κ3) is 2.48. The van der Waals surface area contributed by atoms with Gasteiger partial charge in [-0.3, -0.25) is 0 Å². The minimum atomic E-state index is -3.26. The molecule has 88 valence electrons. The molecule has 0 bridgehead atoms. The Hall–Kier alpha value is -1.21. The van der Waals surface area contributed by atoms with Crippen LogP contribution < -0.4 is 10.2 Å². The fourth-order valence-corrected chi connectivity index (χ4v) is 2.11. The van der Waals surface area contributed by atoms with Crippen LogP contribution in [0.3, 0.4) is 0 Å². The summed E-state index contributed by atoms with van der Waals surface area (Å²) in [6.07, 6.45) is 2.64. The molecular weight excluding hydrogens is 228 g/mol. The first-order chi connectivity index (χ1) is 7.57. The van der Waals surface area contributed by atoms with E-state index in [-0.39, 0.29) is 5.03 Å². The summed E-state index contributed by atoms with van der Waals surface area (Å²) < 4.78 is 22.7. The predicted octanol–water partition coefficient (Wildman–Crippen LogP) is -0.710. The van der Waals surface area contributed by atoms with Crippen molar-refractivity contribution in [3.05, 3.63) is 12.3 Å². The molecule has 1 saturated heterocycles. The maximum atomic E-state index is 11.3. The Kier molecular flexibility index (Phi) is 3.06. The lowest BCUT2D eigenvalue weighted by Crippen LogP contribution is -2.44. The molecule has 0 aromatic carbocycles. The van der Waals surface area contributed by atoms with Gasteiger partial charge in [0.15, 0.2) is 14.9 Å². The van der Waals surface area contributed by atoms with E-state index in [4.69, 9.17) is 0 Å². The molecule has 0 spiro atoms. The summed E-state index contributed by atoms with van der Waals surface area (Å²) in [4.78, 5) is 10.1. The zero-order valence-electron chi connectivity index (χ0n) is 9.05. The SMILES string of the molecule is CS(=O)(=O)c1ccnc(N2CCNCC2)n1. The van der Waals surface area contributed by atoms with Crippen molar-refractivity contribution in [1.82, 2.24) is 15.3 Å². The maximum Gasteiger partial charge on any atom is 0.226 e. The fraction of sp³-hybridized carbons (Fsp3) is 0.556. The van der Waals surface area contributed by atoms with Crippen LogP contribution in [-0.4, -0.2) is 50.8 Å². The van der Waals surface area contributed by atoms with Crippen molar-refractivity contribution in [1.29, 1.82) is 0 Å². The van der Waals surface area contributed by atoms with E-state index in [2.05, 4.69) is 15.3 Å². The second kappa shape index (κ2) is 4.34. The van der Waals surface area contributed by atoms with Crippen LogP contribution in [0, 0.1) is 0 Å². The summed E-state index contributed by atoms with van der Waals surface area (Å²) in [6, 6.07) is 1.42. The molecule has 0 aliphatic carbocycles. The molecular formula is C9H14N4O2S. The standard InChI is InChI=1S/C9H14N4O2S/c1-16(14,15)8-2-3-11-9(12-8)13-6-4-10-5-7-13/h2-3,10H,4-7H2,1H3. The molecule has 0 amide bonds. The normalized spacial score (nSPS) is 17.4. The molecule has 1 aliphatic heterocycles. The van der Waals surface area contributed by atoms with Gasteiger partial charge in [-0.1, -0.05) is 0 Å². The largest absolute Gasteiger partial charge is 0.338 e. The maximum absolute atomic E-state index is 11.3. The Bertz CT molecular complexity index is 468. The number of sulfone groups is 1. The minimum absolute atomic E-state index is 0.0797. The highest BCUT2D eigenvalue weighted by molar-refractivity contribution is 7.90. The average molecular weight is 242 g/mol. The number of aromatic nitrogens is 2. The number of piperazine rings is 1. The highest BCUT2D eigenvalue weighted by Gasteiger charge is 2.16. The number of rotatable bonds is 2. The summed E-state index contributed by atoms with van der Waals surface area (Å²) >= 11 is 0. The molecule has 0 saturated carbocycles. The molecule has 2 heterocycles. The second-order valence-corrected chi connectivity index (χ2v) is 5.67. The molecule has 1 aromatic rings. The highest BCUT2D eigenvalue weighted by atomic mass is 32.2. The van der Waals surface area contributed by atoms with Crippen molar-refractivity contribution in [2.24, 2.45) is 0 Å². The van der Waals surface area contributed by atoms with Gasteiger partial charge in [-0.2, -0.15) is 0 Å². The van der Waals surface area contributed by atoms with Crippen molar-refractivity contribution in [3.63, 3.8) is 0 Å². The van der Waals surface area contributed by atoms with Crippen molar-refractivity contribution in [3.8, 4) is 0 Å². The van der Waals surface area contributed by atoms with Gasteiger partial charge in [-0.15, -0.1) is 0 Å². The van der Waals surface area contributed by atoms with Crippen molar-refractivity contribution in [2.45, 2.75) is 5.03 Å². The summed E-state index contributed by atoms with van der Waals surface area (Å²) in [5.41, 5.74) is 0. The van der Waals surface area contributed by atoms with E-state index in [0.717, 1.165) is 32.4 Å². The van der Waals surface area contributed by atoms with Crippen LogP contribution >= 0.6 is 0 Å². The second-order valence-electron chi connectivity index (χ2n) is 3.70. The van der Waals surface area contributed by atoms with Crippen LogP contribution in [0.4, 0.5) is 5.95 Å². The predicted molar refractivity (Wildman–Crippen MR) is 60.2 cm³/mol. The lowest BCUT2D eigenvalue weighted by Gasteiger charge is -2.27. The number of nitrogens with one attached hydrogen (secondary N) is 1. The summed E-state index contributed by atoms with van der Waals surface area (Å²) in [7, 11) is -3.26. The zero-order valence-corrected chi connectivity index (χ0v) is 9.87. The van der Waals surface area contributed by atoms with Crippen molar-refractivity contribution >= 4 is 15.8 Å². The molecule has 1 N–H and O–H groups in total. The van der Waals surface area contributed by atoms with Gasteiger partial charge in [-0.25, -0.2) is 18.4 Å². The van der Waals surface area contributed by atoms with Crippen LogP contribution in [0.25, 0.3) is 0 Å². The first-order valence-corrected chi connectivity index (χ1v) is 6.95. The minimum Gasteiger partial charge on any atom is -0.338 e. The van der Waals surface area contributed by atoms with Crippen LogP contribution in [0.15, 0.2) is 17.3 Å². The lowest BCUT2D eigenvalue weighted by atomic mass is 10.4. The third-order valence-electron chi connectivity index (χ3n) is 2.40. The third-order valence-corrected chi connectivity index (χ3v) is 3.38. The lowest BCUT2D eigenvalue weighted by molar-refractivity contribution is 0.575. The van der Waals surface area contributed by atoms with E-state index in [1.54, 1.807) is 0 Å². The van der Waals surface area contributed by atoms with E-state index >= 15 is 0 Å². The quantitative estimate of drug-likeness (QED) is 0.691. The molecule has 0 atom stereocenters. The van der Waals surface area contributed by atoms with E-state index in [1.807, 2.05) is 4.90 Å². The van der Waals surface area contributed by atoms with Gasteiger partial charge in [0.05, 0.1) is 0 Å². The van der Waals surface area contributed by atoms with Gasteiger partial charge in [0.25, 0.3) is 0 Å². The smallest absolute Gasteiger partial charge is 0.226 e. The number of hydrogen-bond acceptors (Lipinski definition) is 6. The Morgan fingerprint density at radius 1 is 1.38 bits per heavy atom. The van der Waals surface area contributed by atoms with Gasteiger partial charge in [-0.05, 0) is 6.07 Å². The molecule has 0 unspecified atom stereocenters. The van der Waals surface area contributed by atoms with Crippen molar-refractivity contribution in [2.75, 3.05) is 37.3 Å². The first kappa shape index (κ1) is 11.3.